The molecule has 1 saturated heterocycles. The van der Waals surface area contributed by atoms with E-state index in [1.54, 1.807) is 18.3 Å². The second-order valence-corrected chi connectivity index (χ2v) is 11.9. The van der Waals surface area contributed by atoms with Crippen LogP contribution in [0, 0.1) is 0 Å². The van der Waals surface area contributed by atoms with Crippen LogP contribution < -0.4 is 11.1 Å². The first-order valence-corrected chi connectivity index (χ1v) is 13.8. The number of hydrogen-bond acceptors (Lipinski definition) is 7. The van der Waals surface area contributed by atoms with Crippen LogP contribution in [-0.4, -0.2) is 75.5 Å². The first-order chi connectivity index (χ1) is 18.1. The highest BCUT2D eigenvalue weighted by Gasteiger charge is 2.30. The van der Waals surface area contributed by atoms with Crippen molar-refractivity contribution in [3.05, 3.63) is 35.5 Å². The summed E-state index contributed by atoms with van der Waals surface area (Å²) in [5.41, 5.74) is 8.81. The molecule has 2 aromatic heterocycles. The summed E-state index contributed by atoms with van der Waals surface area (Å²) in [6.07, 6.45) is 5.69. The highest BCUT2D eigenvalue weighted by atomic mass is 35.5. The molecule has 3 N–H and O–H groups in total. The average Bonchev–Trinajstić information content (AvgIpc) is 3.26. The fraction of sp³-hybridized carbons (Fsp3) is 0.536. The number of carbonyl (C=O) groups is 1. The Labute approximate surface area is 229 Å². The minimum Gasteiger partial charge on any atom is -0.444 e. The molecule has 1 aliphatic heterocycles. The summed E-state index contributed by atoms with van der Waals surface area (Å²) in [5, 5.41) is 9.03. The fourth-order valence-corrected chi connectivity index (χ4v) is 5.85. The van der Waals surface area contributed by atoms with Gasteiger partial charge < -0.3 is 15.4 Å². The smallest absolute Gasteiger partial charge is 0.412 e. The molecule has 0 atom stereocenters. The predicted molar refractivity (Wildman–Crippen MR) is 153 cm³/mol. The lowest BCUT2D eigenvalue weighted by molar-refractivity contribution is 0.0636. The summed E-state index contributed by atoms with van der Waals surface area (Å²) in [6, 6.07) is 8.41. The molecule has 0 spiro atoms. The van der Waals surface area contributed by atoms with E-state index < -0.39 is 11.7 Å². The summed E-state index contributed by atoms with van der Waals surface area (Å²) >= 11 is 6.58. The number of hydrogen-bond donors (Lipinski definition) is 2. The topological polar surface area (TPSA) is 102 Å². The number of nitrogen functional groups attached to an aromatic ring is 1. The largest absolute Gasteiger partial charge is 0.444 e. The van der Waals surface area contributed by atoms with Gasteiger partial charge in [-0.25, -0.2) is 9.78 Å². The van der Waals surface area contributed by atoms with Gasteiger partial charge in [-0.3, -0.25) is 14.9 Å². The maximum atomic E-state index is 12.2. The Hall–Kier alpha value is -2.88. The molecule has 0 bridgehead atoms. The van der Waals surface area contributed by atoms with Gasteiger partial charge in [0.25, 0.3) is 0 Å². The zero-order valence-corrected chi connectivity index (χ0v) is 23.5. The van der Waals surface area contributed by atoms with Crippen molar-refractivity contribution < 1.29 is 9.53 Å². The van der Waals surface area contributed by atoms with Crippen LogP contribution in [0.1, 0.15) is 52.5 Å². The molecule has 0 radical (unpaired) electrons. The summed E-state index contributed by atoms with van der Waals surface area (Å²) < 4.78 is 7.49. The number of rotatable bonds is 4. The molecule has 38 heavy (non-hydrogen) atoms. The molecule has 1 aliphatic carbocycles. The number of ether oxygens (including phenoxy) is 1. The Morgan fingerprint density at radius 2 is 1.76 bits per heavy atom. The van der Waals surface area contributed by atoms with E-state index in [4.69, 9.17) is 27.2 Å². The zero-order chi connectivity index (χ0) is 27.0. The van der Waals surface area contributed by atoms with Crippen molar-refractivity contribution in [1.82, 2.24) is 24.6 Å². The van der Waals surface area contributed by atoms with Crippen LogP contribution >= 0.6 is 11.6 Å². The van der Waals surface area contributed by atoms with Crippen molar-refractivity contribution in [2.45, 2.75) is 64.1 Å². The molecular formula is C28H38ClN7O2. The minimum absolute atomic E-state index is 0.306. The number of pyridine rings is 1. The van der Waals surface area contributed by atoms with Crippen molar-refractivity contribution in [2.75, 3.05) is 44.3 Å². The van der Waals surface area contributed by atoms with Gasteiger partial charge in [0.05, 0.1) is 27.7 Å². The molecule has 1 aromatic carbocycles. The Bertz CT molecular complexity index is 1300. The molecule has 9 nitrogen and oxygen atoms in total. The summed E-state index contributed by atoms with van der Waals surface area (Å²) in [5.74, 6) is 0.446. The summed E-state index contributed by atoms with van der Waals surface area (Å²) in [4.78, 5) is 21.7. The number of amides is 1. The van der Waals surface area contributed by atoms with Crippen LogP contribution in [0.25, 0.3) is 22.2 Å². The normalized spacial score (nSPS) is 21.5. The first-order valence-electron chi connectivity index (χ1n) is 13.4. The Balaban J connectivity index is 1.38. The second-order valence-electron chi connectivity index (χ2n) is 11.5. The van der Waals surface area contributed by atoms with Crippen LogP contribution in [-0.2, 0) is 4.74 Å². The third-order valence-corrected chi connectivity index (χ3v) is 7.91. The van der Waals surface area contributed by atoms with Gasteiger partial charge >= 0.3 is 6.09 Å². The number of carbonyl (C=O) groups excluding carboxylic acids is 1. The molecule has 2 fully saturated rings. The van der Waals surface area contributed by atoms with E-state index in [2.05, 4.69) is 31.8 Å². The van der Waals surface area contributed by atoms with E-state index >= 15 is 0 Å². The van der Waals surface area contributed by atoms with Gasteiger partial charge in [0.15, 0.2) is 0 Å². The molecule has 3 heterocycles. The molecule has 10 heteroatoms. The average molecular weight is 540 g/mol. The van der Waals surface area contributed by atoms with Gasteiger partial charge in [-0.2, -0.15) is 5.10 Å². The van der Waals surface area contributed by atoms with E-state index in [-0.39, 0.29) is 0 Å². The van der Waals surface area contributed by atoms with Gasteiger partial charge in [0, 0.05) is 44.0 Å². The maximum Gasteiger partial charge on any atom is 0.412 e. The van der Waals surface area contributed by atoms with Gasteiger partial charge in [0.1, 0.15) is 17.1 Å². The lowest BCUT2D eigenvalue weighted by atomic mass is 9.89. The zero-order valence-electron chi connectivity index (χ0n) is 22.7. The van der Waals surface area contributed by atoms with Crippen molar-refractivity contribution >= 4 is 40.1 Å². The number of halogens is 1. The molecule has 3 aromatic rings. The van der Waals surface area contributed by atoms with Gasteiger partial charge in [0.2, 0.25) is 0 Å². The monoisotopic (exact) mass is 539 g/mol. The molecule has 1 saturated carbocycles. The van der Waals surface area contributed by atoms with Crippen LogP contribution in [0.3, 0.4) is 0 Å². The standard InChI is InChI=1S/C28H38ClN7O2/c1-28(2,3)38-27(37)32-22-10-5-18(17-21(22)29)25-24-23(11-12-31-26(24)30)36(33-25)20-8-6-19(7-9-20)35-15-13-34(4)14-16-35/h5,10-12,17,19-20H,6-9,13-16H2,1-4H3,(H2,30,31)(H,32,37). The predicted octanol–water partition coefficient (Wildman–Crippen LogP) is 5.41. The molecular weight excluding hydrogens is 502 g/mol. The number of nitrogens with zero attached hydrogens (tertiary/aromatic N) is 5. The summed E-state index contributed by atoms with van der Waals surface area (Å²) in [6.45, 7) is 10.1. The molecule has 2 aliphatic rings. The quantitative estimate of drug-likeness (QED) is 0.457. The van der Waals surface area contributed by atoms with Crippen LogP contribution in [0.2, 0.25) is 5.02 Å². The lowest BCUT2D eigenvalue weighted by Gasteiger charge is -2.41. The third kappa shape index (κ3) is 5.75. The highest BCUT2D eigenvalue weighted by Crippen LogP contribution is 2.39. The maximum absolute atomic E-state index is 12.2. The van der Waals surface area contributed by atoms with E-state index in [1.807, 2.05) is 32.9 Å². The lowest BCUT2D eigenvalue weighted by Crippen LogP contribution is -2.49. The van der Waals surface area contributed by atoms with E-state index in [1.165, 1.54) is 12.8 Å². The Morgan fingerprint density at radius 1 is 1.08 bits per heavy atom. The van der Waals surface area contributed by atoms with Crippen LogP contribution in [0.4, 0.5) is 16.3 Å². The van der Waals surface area contributed by atoms with Crippen molar-refractivity contribution in [3.8, 4) is 11.3 Å². The Kier molecular flexibility index (Phi) is 7.53. The minimum atomic E-state index is -0.601. The highest BCUT2D eigenvalue weighted by molar-refractivity contribution is 6.34. The van der Waals surface area contributed by atoms with E-state index in [9.17, 15) is 4.79 Å². The number of likely N-dealkylation sites (N-methyl/N-ethyl adjacent to an activating group) is 1. The van der Waals surface area contributed by atoms with Crippen molar-refractivity contribution in [2.24, 2.45) is 0 Å². The number of anilines is 2. The van der Waals surface area contributed by atoms with Crippen LogP contribution in [0.5, 0.6) is 0 Å². The molecule has 204 valence electrons. The van der Waals surface area contributed by atoms with Crippen molar-refractivity contribution in [1.29, 1.82) is 0 Å². The van der Waals surface area contributed by atoms with Gasteiger partial charge in [-0.1, -0.05) is 17.7 Å². The first kappa shape index (κ1) is 26.7. The van der Waals surface area contributed by atoms with Gasteiger partial charge in [-0.05, 0) is 71.7 Å². The Morgan fingerprint density at radius 3 is 2.42 bits per heavy atom. The number of fused-ring (bicyclic) bond motifs is 1. The number of nitrogens with two attached hydrogens (primary N) is 1. The fourth-order valence-electron chi connectivity index (χ4n) is 5.63. The molecule has 0 unspecified atom stereocenters. The van der Waals surface area contributed by atoms with E-state index in [0.717, 1.165) is 61.2 Å². The number of piperazine rings is 1. The van der Waals surface area contributed by atoms with E-state index in [0.29, 0.717) is 28.6 Å². The number of benzene rings is 1. The summed E-state index contributed by atoms with van der Waals surface area (Å²) in [7, 11) is 2.20. The third-order valence-electron chi connectivity index (χ3n) is 7.59. The second kappa shape index (κ2) is 10.7. The molecule has 5 rings (SSSR count). The van der Waals surface area contributed by atoms with Crippen molar-refractivity contribution in [3.63, 3.8) is 0 Å². The number of aromatic nitrogens is 3. The SMILES string of the molecule is CN1CCN(C2CCC(n3nc(-c4ccc(NC(=O)OC(C)(C)C)c(Cl)c4)c4c(N)nccc43)CC2)CC1. The van der Waals surface area contributed by atoms with Gasteiger partial charge in [-0.15, -0.1) is 0 Å². The van der Waals surface area contributed by atoms with Crippen LogP contribution in [0.15, 0.2) is 30.5 Å². The molecule has 1 amide bonds. The number of nitrogens with one attached hydrogen (secondary N) is 1.